The lowest BCUT2D eigenvalue weighted by Crippen LogP contribution is -2.15. The number of aliphatic carboxylic acids is 1. The van der Waals surface area contributed by atoms with Gasteiger partial charge in [0.25, 0.3) is 5.91 Å². The normalized spacial score (nSPS) is 10.2. The molecule has 2 aromatic rings. The molecule has 0 radical (unpaired) electrons. The Bertz CT molecular complexity index is 744. The van der Waals surface area contributed by atoms with Crippen molar-refractivity contribution in [3.05, 3.63) is 59.4 Å². The number of carbonyl (C=O) groups is 2. The van der Waals surface area contributed by atoms with Crippen molar-refractivity contribution in [2.75, 3.05) is 24.3 Å². The van der Waals surface area contributed by atoms with Crippen molar-refractivity contribution in [1.29, 1.82) is 0 Å². The number of nitrogens with zero attached hydrogens (tertiary/aromatic N) is 1. The number of nitrogens with one attached hydrogen (secondary N) is 1. The predicted molar refractivity (Wildman–Crippen MR) is 86.5 cm³/mol. The van der Waals surface area contributed by atoms with E-state index in [-0.39, 0.29) is 12.0 Å². The maximum Gasteiger partial charge on any atom is 0.307 e. The van der Waals surface area contributed by atoms with Crippen LogP contribution in [0.4, 0.5) is 15.8 Å². The molecule has 0 unspecified atom stereocenters. The summed E-state index contributed by atoms with van der Waals surface area (Å²) >= 11 is 0. The molecule has 0 saturated heterocycles. The Morgan fingerprint density at radius 2 is 1.91 bits per heavy atom. The molecule has 1 amide bonds. The fourth-order valence-corrected chi connectivity index (χ4v) is 2.15. The summed E-state index contributed by atoms with van der Waals surface area (Å²) in [6.07, 6.45) is -0.129. The fourth-order valence-electron chi connectivity index (χ4n) is 2.15. The molecule has 0 heterocycles. The van der Waals surface area contributed by atoms with Crippen LogP contribution in [-0.4, -0.2) is 31.1 Å². The Kier molecular flexibility index (Phi) is 4.95. The molecule has 2 N–H and O–H groups in total. The molecule has 23 heavy (non-hydrogen) atoms. The second-order valence-electron chi connectivity index (χ2n) is 5.29. The standard InChI is InChI=1S/C17H17FN2O3/c1-20(2)15-7-6-12(10-14(15)18)17(23)19-13-5-3-4-11(8-13)9-16(21)22/h3-8,10H,9H2,1-2H3,(H,19,23)(H,21,22). The van der Waals surface area contributed by atoms with Gasteiger partial charge in [-0.25, -0.2) is 4.39 Å². The molecule has 0 aliphatic heterocycles. The first-order valence-electron chi connectivity index (χ1n) is 6.96. The molecule has 0 aliphatic carbocycles. The molecule has 5 nitrogen and oxygen atoms in total. The predicted octanol–water partition coefficient (Wildman–Crippen LogP) is 2.77. The Morgan fingerprint density at radius 1 is 1.17 bits per heavy atom. The van der Waals surface area contributed by atoms with E-state index in [0.29, 0.717) is 16.9 Å². The van der Waals surface area contributed by atoms with Crippen LogP contribution in [-0.2, 0) is 11.2 Å². The monoisotopic (exact) mass is 316 g/mol. The number of carbonyl (C=O) groups excluding carboxylic acids is 1. The maximum absolute atomic E-state index is 13.9. The number of hydrogen-bond donors (Lipinski definition) is 2. The molecule has 2 rings (SSSR count). The van der Waals surface area contributed by atoms with Crippen molar-refractivity contribution in [3.63, 3.8) is 0 Å². The van der Waals surface area contributed by atoms with Gasteiger partial charge in [-0.15, -0.1) is 0 Å². The third-order valence-electron chi connectivity index (χ3n) is 3.23. The molecule has 0 aromatic heterocycles. The summed E-state index contributed by atoms with van der Waals surface area (Å²) in [6, 6.07) is 10.8. The van der Waals surface area contributed by atoms with Crippen molar-refractivity contribution in [2.24, 2.45) is 0 Å². The average Bonchev–Trinajstić information content (AvgIpc) is 2.46. The van der Waals surface area contributed by atoms with Gasteiger partial charge in [-0.1, -0.05) is 12.1 Å². The smallest absolute Gasteiger partial charge is 0.307 e. The first-order chi connectivity index (χ1) is 10.9. The second-order valence-corrected chi connectivity index (χ2v) is 5.29. The van der Waals surface area contributed by atoms with E-state index < -0.39 is 17.7 Å². The van der Waals surface area contributed by atoms with E-state index in [1.807, 2.05) is 0 Å². The maximum atomic E-state index is 13.9. The first-order valence-corrected chi connectivity index (χ1v) is 6.96. The van der Waals surface area contributed by atoms with Crippen molar-refractivity contribution in [3.8, 4) is 0 Å². The van der Waals surface area contributed by atoms with Crippen molar-refractivity contribution in [2.45, 2.75) is 6.42 Å². The zero-order valence-corrected chi connectivity index (χ0v) is 12.8. The van der Waals surface area contributed by atoms with Gasteiger partial charge in [0.05, 0.1) is 12.1 Å². The number of anilines is 2. The number of amides is 1. The third-order valence-corrected chi connectivity index (χ3v) is 3.23. The number of carboxylic acids is 1. The fraction of sp³-hybridized carbons (Fsp3) is 0.176. The van der Waals surface area contributed by atoms with Crippen LogP contribution in [0, 0.1) is 5.82 Å². The van der Waals surface area contributed by atoms with Crippen LogP contribution in [0.5, 0.6) is 0 Å². The third kappa shape index (κ3) is 4.29. The molecule has 0 atom stereocenters. The molecule has 2 aromatic carbocycles. The molecule has 0 saturated carbocycles. The van der Waals surface area contributed by atoms with Gasteiger partial charge in [0.2, 0.25) is 0 Å². The Hall–Kier alpha value is -2.89. The summed E-state index contributed by atoms with van der Waals surface area (Å²) in [7, 11) is 3.43. The van der Waals surface area contributed by atoms with E-state index >= 15 is 0 Å². The lowest BCUT2D eigenvalue weighted by molar-refractivity contribution is -0.136. The van der Waals surface area contributed by atoms with Gasteiger partial charge in [-0.3, -0.25) is 9.59 Å². The van der Waals surface area contributed by atoms with E-state index in [1.165, 1.54) is 18.2 Å². The van der Waals surface area contributed by atoms with E-state index in [4.69, 9.17) is 5.11 Å². The number of rotatable bonds is 5. The summed E-state index contributed by atoms with van der Waals surface area (Å²) in [4.78, 5) is 24.5. The Labute approximate surface area is 133 Å². The molecular formula is C17H17FN2O3. The average molecular weight is 316 g/mol. The number of halogens is 1. The van der Waals surface area contributed by atoms with Crippen LogP contribution in [0.25, 0.3) is 0 Å². The van der Waals surface area contributed by atoms with Gasteiger partial charge in [0.1, 0.15) is 5.82 Å². The number of hydrogen-bond acceptors (Lipinski definition) is 3. The van der Waals surface area contributed by atoms with E-state index in [0.717, 1.165) is 0 Å². The summed E-state index contributed by atoms with van der Waals surface area (Å²) in [5.41, 5.74) is 1.62. The quantitative estimate of drug-likeness (QED) is 0.890. The Balaban J connectivity index is 2.16. The van der Waals surface area contributed by atoms with Crippen LogP contribution in [0.2, 0.25) is 0 Å². The van der Waals surface area contributed by atoms with Crippen LogP contribution < -0.4 is 10.2 Å². The SMILES string of the molecule is CN(C)c1ccc(C(=O)Nc2cccc(CC(=O)O)c2)cc1F. The molecule has 0 bridgehead atoms. The van der Waals surface area contributed by atoms with Gasteiger partial charge < -0.3 is 15.3 Å². The van der Waals surface area contributed by atoms with Gasteiger partial charge in [-0.05, 0) is 35.9 Å². The van der Waals surface area contributed by atoms with E-state index in [9.17, 15) is 14.0 Å². The van der Waals surface area contributed by atoms with Crippen LogP contribution in [0.3, 0.4) is 0 Å². The minimum absolute atomic E-state index is 0.129. The van der Waals surface area contributed by atoms with Crippen molar-refractivity contribution >= 4 is 23.3 Å². The highest BCUT2D eigenvalue weighted by atomic mass is 19.1. The van der Waals surface area contributed by atoms with Gasteiger partial charge in [-0.2, -0.15) is 0 Å². The Morgan fingerprint density at radius 3 is 2.52 bits per heavy atom. The molecule has 0 spiro atoms. The lowest BCUT2D eigenvalue weighted by Gasteiger charge is -2.14. The topological polar surface area (TPSA) is 69.6 Å². The molecule has 120 valence electrons. The van der Waals surface area contributed by atoms with E-state index in [2.05, 4.69) is 5.32 Å². The minimum atomic E-state index is -0.949. The molecular weight excluding hydrogens is 299 g/mol. The largest absolute Gasteiger partial charge is 0.481 e. The summed E-state index contributed by atoms with van der Waals surface area (Å²) in [5.74, 6) is -1.89. The zero-order chi connectivity index (χ0) is 17.0. The highest BCUT2D eigenvalue weighted by molar-refractivity contribution is 6.04. The van der Waals surface area contributed by atoms with Crippen LogP contribution in [0.15, 0.2) is 42.5 Å². The van der Waals surface area contributed by atoms with E-state index in [1.54, 1.807) is 43.3 Å². The zero-order valence-electron chi connectivity index (χ0n) is 12.8. The molecule has 6 heteroatoms. The minimum Gasteiger partial charge on any atom is -0.481 e. The number of carboxylic acid groups (broad SMARTS) is 1. The summed E-state index contributed by atoms with van der Waals surface area (Å²) in [6.45, 7) is 0. The summed E-state index contributed by atoms with van der Waals surface area (Å²) in [5, 5.41) is 11.4. The number of benzene rings is 2. The molecule has 0 aliphatic rings. The summed E-state index contributed by atoms with van der Waals surface area (Å²) < 4.78 is 13.9. The second kappa shape index (κ2) is 6.91. The van der Waals surface area contributed by atoms with Crippen molar-refractivity contribution < 1.29 is 19.1 Å². The first kappa shape index (κ1) is 16.5. The van der Waals surface area contributed by atoms with Crippen molar-refractivity contribution in [1.82, 2.24) is 0 Å². The van der Waals surface area contributed by atoms with Gasteiger partial charge in [0, 0.05) is 25.3 Å². The van der Waals surface area contributed by atoms with Crippen LogP contribution >= 0.6 is 0 Å². The van der Waals surface area contributed by atoms with Gasteiger partial charge in [0.15, 0.2) is 0 Å². The highest BCUT2D eigenvalue weighted by Gasteiger charge is 2.11. The van der Waals surface area contributed by atoms with Crippen LogP contribution in [0.1, 0.15) is 15.9 Å². The van der Waals surface area contributed by atoms with Gasteiger partial charge >= 0.3 is 5.97 Å². The lowest BCUT2D eigenvalue weighted by atomic mass is 10.1. The highest BCUT2D eigenvalue weighted by Crippen LogP contribution is 2.19. The molecule has 0 fully saturated rings.